The molecule has 0 aliphatic carbocycles. The minimum atomic E-state index is -0.866. The topological polar surface area (TPSA) is 65.8 Å². The van der Waals surface area contributed by atoms with Crippen LogP contribution in [-0.2, 0) is 0 Å². The lowest BCUT2D eigenvalue weighted by atomic mass is 10.2. The van der Waals surface area contributed by atoms with Crippen LogP contribution in [0, 0.1) is 23.0 Å². The summed E-state index contributed by atoms with van der Waals surface area (Å²) >= 11 is 0. The molecule has 6 heteroatoms. The van der Waals surface area contributed by atoms with Gasteiger partial charge in [-0.05, 0) is 24.3 Å². The molecule has 1 amide bonds. The van der Waals surface area contributed by atoms with Gasteiger partial charge in [-0.25, -0.2) is 13.8 Å². The second-order valence-electron chi connectivity index (χ2n) is 3.59. The average molecular weight is 259 g/mol. The van der Waals surface area contributed by atoms with Crippen molar-refractivity contribution in [2.75, 3.05) is 5.32 Å². The number of benzene rings is 1. The third kappa shape index (κ3) is 2.72. The summed E-state index contributed by atoms with van der Waals surface area (Å²) in [6.45, 7) is 0. The lowest BCUT2D eigenvalue weighted by Crippen LogP contribution is -2.14. The first-order chi connectivity index (χ1) is 9.11. The van der Waals surface area contributed by atoms with Crippen LogP contribution in [0.3, 0.4) is 0 Å². The molecule has 94 valence electrons. The number of carbonyl (C=O) groups is 1. The Morgan fingerprint density at radius 1 is 1.21 bits per heavy atom. The third-order valence-electron chi connectivity index (χ3n) is 2.34. The van der Waals surface area contributed by atoms with Gasteiger partial charge in [0, 0.05) is 6.20 Å². The number of carbonyl (C=O) groups excluding carboxylic acids is 1. The quantitative estimate of drug-likeness (QED) is 0.901. The van der Waals surface area contributed by atoms with Gasteiger partial charge in [0.15, 0.2) is 0 Å². The van der Waals surface area contributed by atoms with Gasteiger partial charge in [0.2, 0.25) is 0 Å². The van der Waals surface area contributed by atoms with E-state index in [2.05, 4.69) is 10.3 Å². The Hall–Kier alpha value is -2.81. The Balaban J connectivity index is 2.23. The van der Waals surface area contributed by atoms with Gasteiger partial charge in [-0.15, -0.1) is 0 Å². The standard InChI is InChI=1S/C13H7F2N3O/c14-10-2-1-3-11(15)12(10)18-13(19)8-4-5-9(6-16)17-7-8/h1-5,7H,(H,18,19). The fourth-order valence-corrected chi connectivity index (χ4v) is 1.40. The number of hydrogen-bond acceptors (Lipinski definition) is 3. The highest BCUT2D eigenvalue weighted by Crippen LogP contribution is 2.18. The number of aromatic nitrogens is 1. The van der Waals surface area contributed by atoms with E-state index in [1.807, 2.05) is 0 Å². The van der Waals surface area contributed by atoms with Crippen molar-refractivity contribution >= 4 is 11.6 Å². The predicted octanol–water partition coefficient (Wildman–Crippen LogP) is 2.48. The molecular formula is C13H7F2N3O. The van der Waals surface area contributed by atoms with Crippen LogP contribution in [0.2, 0.25) is 0 Å². The van der Waals surface area contributed by atoms with Gasteiger partial charge in [-0.3, -0.25) is 4.79 Å². The summed E-state index contributed by atoms with van der Waals surface area (Å²) in [4.78, 5) is 15.4. The monoisotopic (exact) mass is 259 g/mol. The Morgan fingerprint density at radius 2 is 1.89 bits per heavy atom. The molecule has 19 heavy (non-hydrogen) atoms. The van der Waals surface area contributed by atoms with E-state index in [9.17, 15) is 13.6 Å². The predicted molar refractivity (Wildman–Crippen MR) is 63.3 cm³/mol. The first-order valence-electron chi connectivity index (χ1n) is 5.23. The van der Waals surface area contributed by atoms with Crippen molar-refractivity contribution in [2.24, 2.45) is 0 Å². The van der Waals surface area contributed by atoms with E-state index in [-0.39, 0.29) is 11.3 Å². The van der Waals surface area contributed by atoms with Crippen molar-refractivity contribution in [3.05, 3.63) is 59.4 Å². The summed E-state index contributed by atoms with van der Waals surface area (Å²) in [5.41, 5.74) is -0.271. The van der Waals surface area contributed by atoms with Gasteiger partial charge in [0.25, 0.3) is 5.91 Å². The first-order valence-corrected chi connectivity index (χ1v) is 5.23. The Bertz CT molecular complexity index is 642. The zero-order valence-corrected chi connectivity index (χ0v) is 9.52. The molecule has 1 aromatic heterocycles. The number of hydrogen-bond donors (Lipinski definition) is 1. The zero-order chi connectivity index (χ0) is 13.8. The van der Waals surface area contributed by atoms with Crippen molar-refractivity contribution in [3.63, 3.8) is 0 Å². The SMILES string of the molecule is N#Cc1ccc(C(=O)Nc2c(F)cccc2F)cn1. The fraction of sp³-hybridized carbons (Fsp3) is 0. The summed E-state index contributed by atoms with van der Waals surface area (Å²) in [7, 11) is 0. The molecule has 0 atom stereocenters. The molecule has 0 saturated carbocycles. The van der Waals surface area contributed by atoms with E-state index in [0.29, 0.717) is 0 Å². The summed E-state index contributed by atoms with van der Waals surface area (Å²) in [5.74, 6) is -2.44. The van der Waals surface area contributed by atoms with Gasteiger partial charge >= 0.3 is 0 Å². The number of amides is 1. The number of halogens is 2. The molecule has 0 aliphatic rings. The second-order valence-corrected chi connectivity index (χ2v) is 3.59. The van der Waals surface area contributed by atoms with E-state index < -0.39 is 23.2 Å². The molecule has 0 radical (unpaired) electrons. The molecule has 0 fully saturated rings. The molecule has 0 spiro atoms. The van der Waals surface area contributed by atoms with Gasteiger partial charge in [0.05, 0.1) is 5.56 Å². The van der Waals surface area contributed by atoms with E-state index in [1.165, 1.54) is 18.2 Å². The lowest BCUT2D eigenvalue weighted by molar-refractivity contribution is 0.102. The van der Waals surface area contributed by atoms with Crippen molar-refractivity contribution in [1.82, 2.24) is 4.98 Å². The van der Waals surface area contributed by atoms with Crippen molar-refractivity contribution in [2.45, 2.75) is 0 Å². The number of para-hydroxylation sites is 1. The molecule has 0 bridgehead atoms. The summed E-state index contributed by atoms with van der Waals surface area (Å²) in [6, 6.07) is 7.76. The number of nitrogens with one attached hydrogen (secondary N) is 1. The molecule has 2 aromatic rings. The average Bonchev–Trinajstić information content (AvgIpc) is 2.43. The molecular weight excluding hydrogens is 252 g/mol. The zero-order valence-electron chi connectivity index (χ0n) is 9.52. The molecule has 4 nitrogen and oxygen atoms in total. The highest BCUT2D eigenvalue weighted by molar-refractivity contribution is 6.04. The summed E-state index contributed by atoms with van der Waals surface area (Å²) in [6.07, 6.45) is 1.16. The Morgan fingerprint density at radius 3 is 2.42 bits per heavy atom. The van der Waals surface area contributed by atoms with E-state index >= 15 is 0 Å². The van der Waals surface area contributed by atoms with Crippen LogP contribution in [0.15, 0.2) is 36.5 Å². The van der Waals surface area contributed by atoms with Crippen molar-refractivity contribution < 1.29 is 13.6 Å². The van der Waals surface area contributed by atoms with Crippen LogP contribution in [0.4, 0.5) is 14.5 Å². The molecule has 0 unspecified atom stereocenters. The largest absolute Gasteiger partial charge is 0.317 e. The number of pyridine rings is 1. The number of nitriles is 1. The van der Waals surface area contributed by atoms with Crippen LogP contribution >= 0.6 is 0 Å². The highest BCUT2D eigenvalue weighted by atomic mass is 19.1. The van der Waals surface area contributed by atoms with Crippen LogP contribution in [-0.4, -0.2) is 10.9 Å². The Kier molecular flexibility index (Phi) is 3.48. The third-order valence-corrected chi connectivity index (χ3v) is 2.34. The van der Waals surface area contributed by atoms with E-state index in [0.717, 1.165) is 18.3 Å². The summed E-state index contributed by atoms with van der Waals surface area (Å²) in [5, 5.41) is 10.7. The van der Waals surface area contributed by atoms with Gasteiger partial charge in [0.1, 0.15) is 29.1 Å². The maximum Gasteiger partial charge on any atom is 0.257 e. The number of nitrogens with zero attached hydrogens (tertiary/aromatic N) is 2. The highest BCUT2D eigenvalue weighted by Gasteiger charge is 2.13. The first kappa shape index (κ1) is 12.6. The number of anilines is 1. The van der Waals surface area contributed by atoms with Crippen LogP contribution in [0.5, 0.6) is 0 Å². The van der Waals surface area contributed by atoms with Crippen LogP contribution in [0.1, 0.15) is 16.1 Å². The van der Waals surface area contributed by atoms with Crippen LogP contribution < -0.4 is 5.32 Å². The van der Waals surface area contributed by atoms with Crippen LogP contribution in [0.25, 0.3) is 0 Å². The smallest absolute Gasteiger partial charge is 0.257 e. The summed E-state index contributed by atoms with van der Waals surface area (Å²) < 4.78 is 26.7. The number of rotatable bonds is 2. The van der Waals surface area contributed by atoms with Crippen molar-refractivity contribution in [1.29, 1.82) is 5.26 Å². The van der Waals surface area contributed by atoms with Gasteiger partial charge < -0.3 is 5.32 Å². The molecule has 0 saturated heterocycles. The Labute approximate surface area is 107 Å². The molecule has 2 rings (SSSR count). The van der Waals surface area contributed by atoms with E-state index in [1.54, 1.807) is 6.07 Å². The van der Waals surface area contributed by atoms with Gasteiger partial charge in [-0.1, -0.05) is 6.07 Å². The van der Waals surface area contributed by atoms with E-state index in [4.69, 9.17) is 5.26 Å². The maximum atomic E-state index is 13.3. The maximum absolute atomic E-state index is 13.3. The molecule has 0 aliphatic heterocycles. The second kappa shape index (κ2) is 5.23. The fourth-order valence-electron chi connectivity index (χ4n) is 1.40. The molecule has 1 aromatic carbocycles. The van der Waals surface area contributed by atoms with Gasteiger partial charge in [-0.2, -0.15) is 5.26 Å². The molecule has 1 heterocycles. The van der Waals surface area contributed by atoms with Crippen molar-refractivity contribution in [3.8, 4) is 6.07 Å². The minimum Gasteiger partial charge on any atom is -0.317 e. The molecule has 1 N–H and O–H groups in total. The minimum absolute atomic E-state index is 0.0988. The lowest BCUT2D eigenvalue weighted by Gasteiger charge is -2.07. The normalized spacial score (nSPS) is 9.74.